The maximum Gasteiger partial charge on any atom is 0.223 e. The van der Waals surface area contributed by atoms with Gasteiger partial charge in [0.2, 0.25) is 5.91 Å². The van der Waals surface area contributed by atoms with E-state index in [0.717, 1.165) is 39.0 Å². The molecule has 1 N–H and O–H groups in total. The second-order valence-corrected chi connectivity index (χ2v) is 8.50. The molecular formula is C22H32ClFN2O2. The molecule has 0 aromatic heterocycles. The van der Waals surface area contributed by atoms with E-state index in [1.165, 1.54) is 38.2 Å². The van der Waals surface area contributed by atoms with E-state index in [2.05, 4.69) is 10.2 Å². The third kappa shape index (κ3) is 6.71. The lowest BCUT2D eigenvalue weighted by atomic mass is 9.95. The van der Waals surface area contributed by atoms with Gasteiger partial charge < -0.3 is 10.1 Å². The summed E-state index contributed by atoms with van der Waals surface area (Å²) in [5, 5.41) is 3.48. The summed E-state index contributed by atoms with van der Waals surface area (Å²) in [7, 11) is 0. The van der Waals surface area contributed by atoms with Crippen molar-refractivity contribution < 1.29 is 13.9 Å². The number of amides is 1. The number of hydrogen-bond donors (Lipinski definition) is 1. The highest BCUT2D eigenvalue weighted by Crippen LogP contribution is 2.22. The van der Waals surface area contributed by atoms with Gasteiger partial charge in [-0.15, -0.1) is 0 Å². The van der Waals surface area contributed by atoms with Crippen molar-refractivity contribution in [2.24, 2.45) is 5.92 Å². The van der Waals surface area contributed by atoms with Crippen molar-refractivity contribution in [1.29, 1.82) is 0 Å². The maximum absolute atomic E-state index is 13.9. The van der Waals surface area contributed by atoms with Gasteiger partial charge in [0.15, 0.2) is 0 Å². The highest BCUT2D eigenvalue weighted by atomic mass is 35.5. The van der Waals surface area contributed by atoms with Crippen LogP contribution in [0.1, 0.15) is 56.9 Å². The zero-order valence-corrected chi connectivity index (χ0v) is 17.4. The van der Waals surface area contributed by atoms with Gasteiger partial charge in [0.1, 0.15) is 5.82 Å². The van der Waals surface area contributed by atoms with E-state index in [1.807, 2.05) is 0 Å². The van der Waals surface area contributed by atoms with Crippen molar-refractivity contribution in [3.63, 3.8) is 0 Å². The van der Waals surface area contributed by atoms with Gasteiger partial charge in [-0.05, 0) is 57.3 Å². The van der Waals surface area contributed by atoms with E-state index in [1.54, 1.807) is 12.1 Å². The molecule has 156 valence electrons. The van der Waals surface area contributed by atoms with Crippen LogP contribution in [-0.2, 0) is 16.1 Å². The lowest BCUT2D eigenvalue weighted by molar-refractivity contribution is -0.126. The number of rotatable bonds is 8. The van der Waals surface area contributed by atoms with Crippen molar-refractivity contribution >= 4 is 17.5 Å². The van der Waals surface area contributed by atoms with Crippen LogP contribution in [0.5, 0.6) is 0 Å². The van der Waals surface area contributed by atoms with Crippen LogP contribution in [-0.4, -0.2) is 43.2 Å². The Morgan fingerprint density at radius 2 is 1.93 bits per heavy atom. The summed E-state index contributed by atoms with van der Waals surface area (Å²) < 4.78 is 19.8. The van der Waals surface area contributed by atoms with E-state index in [-0.39, 0.29) is 17.6 Å². The van der Waals surface area contributed by atoms with Gasteiger partial charge >= 0.3 is 0 Å². The summed E-state index contributed by atoms with van der Waals surface area (Å²) in [6.45, 7) is 3.60. The summed E-state index contributed by atoms with van der Waals surface area (Å²) in [5.41, 5.74) is 0.658. The highest BCUT2D eigenvalue weighted by Gasteiger charge is 2.25. The van der Waals surface area contributed by atoms with Crippen molar-refractivity contribution in [3.8, 4) is 0 Å². The van der Waals surface area contributed by atoms with E-state index in [0.29, 0.717) is 29.8 Å². The van der Waals surface area contributed by atoms with Crippen LogP contribution < -0.4 is 5.32 Å². The Morgan fingerprint density at radius 3 is 2.64 bits per heavy atom. The first-order chi connectivity index (χ1) is 13.6. The second-order valence-electron chi connectivity index (χ2n) is 8.06. The summed E-state index contributed by atoms with van der Waals surface area (Å²) in [5.74, 6) is -0.0524. The fraction of sp³-hybridized carbons (Fsp3) is 0.682. The van der Waals surface area contributed by atoms with E-state index < -0.39 is 0 Å². The minimum Gasteiger partial charge on any atom is -0.378 e. The van der Waals surface area contributed by atoms with Crippen LogP contribution in [0.4, 0.5) is 4.39 Å². The van der Waals surface area contributed by atoms with Crippen LogP contribution in [0.15, 0.2) is 18.2 Å². The number of ether oxygens (including phenoxy) is 1. The number of halogens is 2. The fourth-order valence-corrected chi connectivity index (χ4v) is 4.31. The van der Waals surface area contributed by atoms with Gasteiger partial charge in [0.05, 0.1) is 6.10 Å². The van der Waals surface area contributed by atoms with Gasteiger partial charge in [-0.2, -0.15) is 0 Å². The third-order valence-corrected chi connectivity index (χ3v) is 6.13. The average molecular weight is 411 g/mol. The molecule has 1 aromatic carbocycles. The molecule has 0 radical (unpaired) electrons. The lowest BCUT2D eigenvalue weighted by Gasteiger charge is -2.31. The van der Waals surface area contributed by atoms with Crippen LogP contribution in [0.2, 0.25) is 5.02 Å². The van der Waals surface area contributed by atoms with Crippen LogP contribution in [0.3, 0.4) is 0 Å². The molecule has 4 nitrogen and oxygen atoms in total. The molecule has 28 heavy (non-hydrogen) atoms. The minimum absolute atomic E-state index is 0.0607. The normalized spacial score (nSPS) is 19.6. The fourth-order valence-electron chi connectivity index (χ4n) is 4.15. The summed E-state index contributed by atoms with van der Waals surface area (Å²) in [6, 6.07) is 4.82. The summed E-state index contributed by atoms with van der Waals surface area (Å²) in [6.07, 6.45) is 9.21. The van der Waals surface area contributed by atoms with Gasteiger partial charge in [0.25, 0.3) is 0 Å². The van der Waals surface area contributed by atoms with Crippen molar-refractivity contribution in [1.82, 2.24) is 10.2 Å². The molecule has 3 rings (SSSR count). The first-order valence-corrected chi connectivity index (χ1v) is 11.0. The van der Waals surface area contributed by atoms with E-state index in [4.69, 9.17) is 16.3 Å². The molecule has 1 aliphatic carbocycles. The molecule has 1 aromatic rings. The molecule has 1 amide bonds. The predicted octanol–water partition coefficient (Wildman–Crippen LogP) is 4.55. The quantitative estimate of drug-likeness (QED) is 0.639. The molecule has 1 aliphatic heterocycles. The largest absolute Gasteiger partial charge is 0.378 e. The molecule has 0 spiro atoms. The number of nitrogens with zero attached hydrogens (tertiary/aromatic N) is 1. The van der Waals surface area contributed by atoms with Crippen molar-refractivity contribution in [3.05, 3.63) is 34.6 Å². The molecule has 6 heteroatoms. The first kappa shape index (κ1) is 21.5. The Morgan fingerprint density at radius 1 is 1.18 bits per heavy atom. The third-order valence-electron chi connectivity index (χ3n) is 5.89. The Bertz CT molecular complexity index is 629. The number of hydrogen-bond acceptors (Lipinski definition) is 3. The standard InChI is InChI=1S/C22H32ClFN2O2/c23-19-8-7-18(21(24)15-19)16-26-12-9-17(10-13-26)22(27)25-11-4-14-28-20-5-2-1-3-6-20/h7-8,15,17,20H,1-6,9-14,16H2,(H,25,27). The Hall–Kier alpha value is -1.17. The van der Waals surface area contributed by atoms with Crippen molar-refractivity contribution in [2.45, 2.75) is 64.0 Å². The van der Waals surface area contributed by atoms with E-state index >= 15 is 0 Å². The maximum atomic E-state index is 13.9. The average Bonchev–Trinajstić information content (AvgIpc) is 2.71. The van der Waals surface area contributed by atoms with Gasteiger partial charge in [-0.3, -0.25) is 9.69 Å². The molecule has 1 saturated carbocycles. The summed E-state index contributed by atoms with van der Waals surface area (Å²) in [4.78, 5) is 14.6. The molecule has 0 atom stereocenters. The van der Waals surface area contributed by atoms with E-state index in [9.17, 15) is 9.18 Å². The van der Waals surface area contributed by atoms with Crippen LogP contribution >= 0.6 is 11.6 Å². The first-order valence-electron chi connectivity index (χ1n) is 10.7. The van der Waals surface area contributed by atoms with Crippen LogP contribution in [0, 0.1) is 11.7 Å². The Kier molecular flexibility index (Phi) is 8.56. The topological polar surface area (TPSA) is 41.6 Å². The van der Waals surface area contributed by atoms with Gasteiger partial charge in [-0.1, -0.05) is 36.9 Å². The number of likely N-dealkylation sites (tertiary alicyclic amines) is 1. The molecule has 1 heterocycles. The number of piperidine rings is 1. The van der Waals surface area contributed by atoms with Gasteiger partial charge in [0, 0.05) is 36.2 Å². The minimum atomic E-state index is -0.261. The highest BCUT2D eigenvalue weighted by molar-refractivity contribution is 6.30. The number of carbonyl (C=O) groups is 1. The second kappa shape index (κ2) is 11.1. The Balaban J connectivity index is 1.29. The smallest absolute Gasteiger partial charge is 0.223 e. The monoisotopic (exact) mass is 410 g/mol. The van der Waals surface area contributed by atoms with Gasteiger partial charge in [-0.25, -0.2) is 4.39 Å². The SMILES string of the molecule is O=C(NCCCOC1CCCCC1)C1CCN(Cc2ccc(Cl)cc2F)CC1. The molecule has 2 aliphatic rings. The summed E-state index contributed by atoms with van der Waals surface area (Å²) >= 11 is 5.81. The number of carbonyl (C=O) groups excluding carboxylic acids is 1. The lowest BCUT2D eigenvalue weighted by Crippen LogP contribution is -2.40. The number of benzene rings is 1. The molecule has 1 saturated heterocycles. The van der Waals surface area contributed by atoms with Crippen molar-refractivity contribution in [2.75, 3.05) is 26.2 Å². The molecule has 0 bridgehead atoms. The molecule has 0 unspecified atom stereocenters. The molecular weight excluding hydrogens is 379 g/mol. The zero-order chi connectivity index (χ0) is 19.8. The zero-order valence-electron chi connectivity index (χ0n) is 16.6. The number of nitrogens with one attached hydrogen (secondary N) is 1. The van der Waals surface area contributed by atoms with Crippen LogP contribution in [0.25, 0.3) is 0 Å². The predicted molar refractivity (Wildman–Crippen MR) is 110 cm³/mol. The Labute approximate surface area is 172 Å². The molecule has 2 fully saturated rings.